The number of hydrogen-bond acceptors (Lipinski definition) is 2. The molecular weight excluding hydrogens is 296 g/mol. The maximum atomic E-state index is 12.0. The first-order valence-electron chi connectivity index (χ1n) is 8.17. The zero-order chi connectivity index (χ0) is 15.2. The van der Waals surface area contributed by atoms with Gasteiger partial charge in [0.1, 0.15) is 0 Å². The number of hydrogen-bond donors (Lipinski definition) is 2. The highest BCUT2D eigenvalue weighted by atomic mass is 35.5. The standard InChI is InChI=1S/C18H28N2O.ClH/c1-13(2)15-9-7-14(8-10-15)12-20-18(21)11-16-5-3-4-6-17(16)19;/h7-10,13,16-17H,3-6,11-12,19H2,1-2H3,(H,20,21);1H. The van der Waals surface area contributed by atoms with Crippen molar-refractivity contribution in [1.29, 1.82) is 0 Å². The molecule has 0 aliphatic heterocycles. The summed E-state index contributed by atoms with van der Waals surface area (Å²) < 4.78 is 0. The molecule has 4 heteroatoms. The van der Waals surface area contributed by atoms with Crippen molar-refractivity contribution in [1.82, 2.24) is 5.32 Å². The van der Waals surface area contributed by atoms with Crippen LogP contribution in [0.4, 0.5) is 0 Å². The number of amides is 1. The normalized spacial score (nSPS) is 21.3. The van der Waals surface area contributed by atoms with Crippen molar-refractivity contribution in [2.45, 2.75) is 64.5 Å². The Morgan fingerprint density at radius 3 is 2.45 bits per heavy atom. The molecule has 0 saturated heterocycles. The van der Waals surface area contributed by atoms with Gasteiger partial charge in [-0.2, -0.15) is 0 Å². The fourth-order valence-corrected chi connectivity index (χ4v) is 3.02. The van der Waals surface area contributed by atoms with Crippen molar-refractivity contribution in [2.75, 3.05) is 0 Å². The average Bonchev–Trinajstić information content (AvgIpc) is 2.48. The number of nitrogens with one attached hydrogen (secondary N) is 1. The summed E-state index contributed by atoms with van der Waals surface area (Å²) in [6.45, 7) is 4.98. The number of nitrogens with two attached hydrogens (primary N) is 1. The SMILES string of the molecule is CC(C)c1ccc(CNC(=O)CC2CCCCC2N)cc1.Cl. The Kier molecular flexibility index (Phi) is 7.91. The van der Waals surface area contributed by atoms with Crippen LogP contribution in [0.2, 0.25) is 0 Å². The zero-order valence-corrected chi connectivity index (χ0v) is 14.5. The maximum absolute atomic E-state index is 12.0. The van der Waals surface area contributed by atoms with Crippen LogP contribution in [0.15, 0.2) is 24.3 Å². The molecule has 3 N–H and O–H groups in total. The average molecular weight is 325 g/mol. The molecule has 1 aromatic carbocycles. The first-order valence-corrected chi connectivity index (χ1v) is 8.17. The first-order chi connectivity index (χ1) is 10.1. The highest BCUT2D eigenvalue weighted by Gasteiger charge is 2.23. The molecule has 0 aromatic heterocycles. The molecule has 0 spiro atoms. The molecule has 0 radical (unpaired) electrons. The molecule has 1 saturated carbocycles. The van der Waals surface area contributed by atoms with Crippen LogP contribution in [0.3, 0.4) is 0 Å². The van der Waals surface area contributed by atoms with E-state index in [9.17, 15) is 4.79 Å². The van der Waals surface area contributed by atoms with E-state index in [1.165, 1.54) is 18.4 Å². The lowest BCUT2D eigenvalue weighted by molar-refractivity contribution is -0.122. The summed E-state index contributed by atoms with van der Waals surface area (Å²) in [6.07, 6.45) is 5.15. The van der Waals surface area contributed by atoms with Gasteiger partial charge in [0.05, 0.1) is 0 Å². The molecule has 1 aliphatic carbocycles. The number of rotatable bonds is 5. The monoisotopic (exact) mass is 324 g/mol. The second-order valence-corrected chi connectivity index (χ2v) is 6.59. The highest BCUT2D eigenvalue weighted by molar-refractivity contribution is 5.85. The van der Waals surface area contributed by atoms with Gasteiger partial charge in [-0.15, -0.1) is 12.4 Å². The summed E-state index contributed by atoms with van der Waals surface area (Å²) >= 11 is 0. The van der Waals surface area contributed by atoms with Crippen molar-refractivity contribution in [3.05, 3.63) is 35.4 Å². The third-order valence-electron chi connectivity index (χ3n) is 4.55. The smallest absolute Gasteiger partial charge is 0.220 e. The van der Waals surface area contributed by atoms with Gasteiger partial charge in [-0.1, -0.05) is 51.0 Å². The van der Waals surface area contributed by atoms with Gasteiger partial charge in [0.2, 0.25) is 5.91 Å². The van der Waals surface area contributed by atoms with E-state index in [4.69, 9.17) is 5.73 Å². The van der Waals surface area contributed by atoms with E-state index < -0.39 is 0 Å². The molecule has 2 rings (SSSR count). The Morgan fingerprint density at radius 2 is 1.86 bits per heavy atom. The van der Waals surface area contributed by atoms with E-state index in [1.807, 2.05) is 0 Å². The van der Waals surface area contributed by atoms with Crippen molar-refractivity contribution >= 4 is 18.3 Å². The van der Waals surface area contributed by atoms with E-state index in [-0.39, 0.29) is 24.4 Å². The summed E-state index contributed by atoms with van der Waals surface area (Å²) in [7, 11) is 0. The maximum Gasteiger partial charge on any atom is 0.220 e. The summed E-state index contributed by atoms with van der Waals surface area (Å²) in [5.41, 5.74) is 8.58. The van der Waals surface area contributed by atoms with Crippen LogP contribution >= 0.6 is 12.4 Å². The highest BCUT2D eigenvalue weighted by Crippen LogP contribution is 2.25. The van der Waals surface area contributed by atoms with E-state index in [0.717, 1.165) is 18.4 Å². The van der Waals surface area contributed by atoms with Gasteiger partial charge in [-0.3, -0.25) is 4.79 Å². The lowest BCUT2D eigenvalue weighted by Gasteiger charge is -2.27. The molecule has 0 heterocycles. The molecule has 1 fully saturated rings. The van der Waals surface area contributed by atoms with Gasteiger partial charge in [0, 0.05) is 19.0 Å². The Bertz CT molecular complexity index is 459. The van der Waals surface area contributed by atoms with Crippen molar-refractivity contribution in [3.63, 3.8) is 0 Å². The van der Waals surface area contributed by atoms with Crippen molar-refractivity contribution < 1.29 is 4.79 Å². The predicted molar refractivity (Wildman–Crippen MR) is 94.2 cm³/mol. The predicted octanol–water partition coefficient (Wildman–Crippen LogP) is 3.76. The van der Waals surface area contributed by atoms with Gasteiger partial charge in [-0.05, 0) is 35.8 Å². The Hall–Kier alpha value is -1.06. The van der Waals surface area contributed by atoms with Crippen LogP contribution in [0.25, 0.3) is 0 Å². The largest absolute Gasteiger partial charge is 0.352 e. The van der Waals surface area contributed by atoms with E-state index in [1.54, 1.807) is 0 Å². The molecule has 3 nitrogen and oxygen atoms in total. The van der Waals surface area contributed by atoms with Gasteiger partial charge in [0.25, 0.3) is 0 Å². The lowest BCUT2D eigenvalue weighted by atomic mass is 9.83. The number of carbonyl (C=O) groups is 1. The number of carbonyl (C=O) groups excluding carboxylic acids is 1. The zero-order valence-electron chi connectivity index (χ0n) is 13.7. The number of halogens is 1. The van der Waals surface area contributed by atoms with Gasteiger partial charge in [-0.25, -0.2) is 0 Å². The first kappa shape index (κ1) is 19.0. The quantitative estimate of drug-likeness (QED) is 0.866. The third kappa shape index (κ3) is 5.62. The van der Waals surface area contributed by atoms with Gasteiger partial charge < -0.3 is 11.1 Å². The van der Waals surface area contributed by atoms with Crippen LogP contribution < -0.4 is 11.1 Å². The van der Waals surface area contributed by atoms with Gasteiger partial charge >= 0.3 is 0 Å². The molecule has 124 valence electrons. The second kappa shape index (κ2) is 9.16. The topological polar surface area (TPSA) is 55.1 Å². The molecule has 1 amide bonds. The van der Waals surface area contributed by atoms with Crippen LogP contribution in [0.5, 0.6) is 0 Å². The molecule has 1 aromatic rings. The van der Waals surface area contributed by atoms with Crippen LogP contribution in [0.1, 0.15) is 63.0 Å². The molecule has 2 atom stereocenters. The Labute approximate surface area is 140 Å². The molecule has 2 unspecified atom stereocenters. The van der Waals surface area contributed by atoms with E-state index in [2.05, 4.69) is 43.4 Å². The lowest BCUT2D eigenvalue weighted by Crippen LogP contribution is -2.36. The molecule has 0 bridgehead atoms. The van der Waals surface area contributed by atoms with Crippen LogP contribution in [-0.4, -0.2) is 11.9 Å². The van der Waals surface area contributed by atoms with Crippen LogP contribution in [0, 0.1) is 5.92 Å². The molecular formula is C18H29ClN2O. The fourth-order valence-electron chi connectivity index (χ4n) is 3.02. The second-order valence-electron chi connectivity index (χ2n) is 6.59. The van der Waals surface area contributed by atoms with Crippen molar-refractivity contribution in [2.24, 2.45) is 11.7 Å². The van der Waals surface area contributed by atoms with Gasteiger partial charge in [0.15, 0.2) is 0 Å². The van der Waals surface area contributed by atoms with E-state index >= 15 is 0 Å². The third-order valence-corrected chi connectivity index (χ3v) is 4.55. The molecule has 1 aliphatic rings. The Balaban J connectivity index is 0.00000242. The minimum atomic E-state index is 0. The number of benzene rings is 1. The minimum absolute atomic E-state index is 0. The Morgan fingerprint density at radius 1 is 1.23 bits per heavy atom. The van der Waals surface area contributed by atoms with Crippen LogP contribution in [-0.2, 0) is 11.3 Å². The van der Waals surface area contributed by atoms with E-state index in [0.29, 0.717) is 24.8 Å². The molecule has 22 heavy (non-hydrogen) atoms. The summed E-state index contributed by atoms with van der Waals surface area (Å²) in [5, 5.41) is 3.02. The van der Waals surface area contributed by atoms with Crippen molar-refractivity contribution in [3.8, 4) is 0 Å². The summed E-state index contributed by atoms with van der Waals surface area (Å²) in [4.78, 5) is 12.0. The minimum Gasteiger partial charge on any atom is -0.352 e. The summed E-state index contributed by atoms with van der Waals surface area (Å²) in [6, 6.07) is 8.69. The fraction of sp³-hybridized carbons (Fsp3) is 0.611. The summed E-state index contributed by atoms with van der Waals surface area (Å²) in [5.74, 6) is 1.04.